The average molecular weight is 230 g/mol. The third kappa shape index (κ3) is 2.89. The average Bonchev–Trinajstić information content (AvgIpc) is 2.05. The molecule has 0 heterocycles. The normalized spacial score (nSPS) is 11.4. The summed E-state index contributed by atoms with van der Waals surface area (Å²) in [7, 11) is -4.40. The van der Waals surface area contributed by atoms with Crippen molar-refractivity contribution in [3.63, 3.8) is 0 Å². The second-order valence-corrected chi connectivity index (χ2v) is 4.76. The Morgan fingerprint density at radius 2 is 2.00 bits per heavy atom. The standard InChI is InChI=1S/C9H11O5P/c1-6-3-2-4-8(15(12,13)14)7(6)5-9(10)11/h2-4H,5H2,1H3,(H,10,11)(H2,12,13,14). The van der Waals surface area contributed by atoms with Crippen molar-refractivity contribution in [2.75, 3.05) is 0 Å². The minimum Gasteiger partial charge on any atom is -0.481 e. The van der Waals surface area contributed by atoms with Gasteiger partial charge in [0, 0.05) is 0 Å². The number of carboxylic acids is 1. The minimum atomic E-state index is -4.40. The van der Waals surface area contributed by atoms with Crippen LogP contribution in [0, 0.1) is 6.92 Å². The van der Waals surface area contributed by atoms with Crippen molar-refractivity contribution in [3.8, 4) is 0 Å². The molecule has 1 rings (SSSR count). The van der Waals surface area contributed by atoms with Gasteiger partial charge in [-0.1, -0.05) is 12.1 Å². The van der Waals surface area contributed by atoms with Crippen LogP contribution >= 0.6 is 7.60 Å². The molecular formula is C9H11O5P. The number of hydrogen-bond donors (Lipinski definition) is 3. The Bertz CT molecular complexity index is 434. The third-order valence-corrected chi connectivity index (χ3v) is 3.07. The van der Waals surface area contributed by atoms with Crippen LogP contribution in [0.4, 0.5) is 0 Å². The first-order chi connectivity index (χ1) is 6.82. The molecule has 5 nitrogen and oxygen atoms in total. The SMILES string of the molecule is Cc1cccc(P(=O)(O)O)c1CC(=O)O. The van der Waals surface area contributed by atoms with Crippen molar-refractivity contribution in [2.45, 2.75) is 13.3 Å². The fourth-order valence-electron chi connectivity index (χ4n) is 1.34. The maximum Gasteiger partial charge on any atom is 0.356 e. The van der Waals surface area contributed by atoms with E-state index in [4.69, 9.17) is 14.9 Å². The fourth-order valence-corrected chi connectivity index (χ4v) is 2.23. The van der Waals surface area contributed by atoms with Crippen LogP contribution in [0.15, 0.2) is 18.2 Å². The Hall–Kier alpha value is -1.16. The Morgan fingerprint density at radius 1 is 1.40 bits per heavy atom. The van der Waals surface area contributed by atoms with E-state index in [2.05, 4.69) is 0 Å². The number of carboxylic acid groups (broad SMARTS) is 1. The molecule has 82 valence electrons. The number of hydrogen-bond acceptors (Lipinski definition) is 2. The highest BCUT2D eigenvalue weighted by molar-refractivity contribution is 7.60. The summed E-state index contributed by atoms with van der Waals surface area (Å²) in [5.74, 6) is -1.11. The van der Waals surface area contributed by atoms with Crippen molar-refractivity contribution in [1.82, 2.24) is 0 Å². The van der Waals surface area contributed by atoms with Gasteiger partial charge in [-0.05, 0) is 24.1 Å². The van der Waals surface area contributed by atoms with Gasteiger partial charge in [0.2, 0.25) is 0 Å². The predicted molar refractivity (Wildman–Crippen MR) is 54.2 cm³/mol. The number of benzene rings is 1. The Labute approximate surface area is 86.5 Å². The number of rotatable bonds is 3. The van der Waals surface area contributed by atoms with Crippen LogP contribution in [-0.4, -0.2) is 20.9 Å². The molecule has 0 bridgehead atoms. The molecule has 0 fully saturated rings. The molecule has 0 spiro atoms. The third-order valence-electron chi connectivity index (χ3n) is 2.03. The van der Waals surface area contributed by atoms with Gasteiger partial charge in [0.05, 0.1) is 11.7 Å². The molecule has 0 saturated heterocycles. The van der Waals surface area contributed by atoms with Crippen molar-refractivity contribution in [1.29, 1.82) is 0 Å². The van der Waals surface area contributed by atoms with Gasteiger partial charge in [0.25, 0.3) is 0 Å². The van der Waals surface area contributed by atoms with Gasteiger partial charge in [0.15, 0.2) is 0 Å². The van der Waals surface area contributed by atoms with Crippen molar-refractivity contribution in [2.24, 2.45) is 0 Å². The van der Waals surface area contributed by atoms with Gasteiger partial charge in [0.1, 0.15) is 0 Å². The Morgan fingerprint density at radius 3 is 2.47 bits per heavy atom. The molecule has 0 aliphatic rings. The molecule has 0 aliphatic heterocycles. The molecule has 1 aromatic carbocycles. The maximum absolute atomic E-state index is 11.1. The summed E-state index contributed by atoms with van der Waals surface area (Å²) in [6.45, 7) is 1.62. The first-order valence-corrected chi connectivity index (χ1v) is 5.80. The highest BCUT2D eigenvalue weighted by atomic mass is 31.2. The Kier molecular flexibility index (Phi) is 3.29. The quantitative estimate of drug-likeness (QED) is 0.654. The number of carbonyl (C=O) groups is 1. The highest BCUT2D eigenvalue weighted by Crippen LogP contribution is 2.35. The lowest BCUT2D eigenvalue weighted by atomic mass is 10.1. The van der Waals surface area contributed by atoms with Gasteiger partial charge in [-0.15, -0.1) is 0 Å². The van der Waals surface area contributed by atoms with Crippen molar-refractivity contribution >= 4 is 18.9 Å². The molecule has 0 amide bonds. The van der Waals surface area contributed by atoms with E-state index in [0.29, 0.717) is 5.56 Å². The van der Waals surface area contributed by atoms with Gasteiger partial charge in [-0.3, -0.25) is 9.36 Å². The van der Waals surface area contributed by atoms with Crippen LogP contribution in [0.1, 0.15) is 11.1 Å². The highest BCUT2D eigenvalue weighted by Gasteiger charge is 2.23. The summed E-state index contributed by atoms with van der Waals surface area (Å²) < 4.78 is 11.1. The van der Waals surface area contributed by atoms with E-state index in [1.165, 1.54) is 12.1 Å². The zero-order valence-electron chi connectivity index (χ0n) is 8.04. The summed E-state index contributed by atoms with van der Waals surface area (Å²) in [6.07, 6.45) is -0.382. The van der Waals surface area contributed by atoms with Gasteiger partial charge < -0.3 is 14.9 Å². The molecule has 6 heteroatoms. The molecule has 0 aromatic heterocycles. The van der Waals surface area contributed by atoms with Crippen LogP contribution < -0.4 is 5.30 Å². The smallest absolute Gasteiger partial charge is 0.356 e. The first kappa shape index (κ1) is 11.9. The molecule has 0 aliphatic carbocycles. The summed E-state index contributed by atoms with van der Waals surface area (Å²) in [5, 5.41) is 8.42. The lowest BCUT2D eigenvalue weighted by Crippen LogP contribution is -2.16. The van der Waals surface area contributed by atoms with Crippen LogP contribution in [0.5, 0.6) is 0 Å². The van der Waals surface area contributed by atoms with Gasteiger partial charge >= 0.3 is 13.6 Å². The second kappa shape index (κ2) is 4.14. The molecular weight excluding hydrogens is 219 g/mol. The summed E-state index contributed by atoms with van der Waals surface area (Å²) >= 11 is 0. The monoisotopic (exact) mass is 230 g/mol. The van der Waals surface area contributed by atoms with Crippen LogP contribution in [-0.2, 0) is 15.8 Å². The Balaban J connectivity index is 3.33. The van der Waals surface area contributed by atoms with E-state index in [1.807, 2.05) is 0 Å². The molecule has 0 saturated carbocycles. The van der Waals surface area contributed by atoms with Crippen LogP contribution in [0.3, 0.4) is 0 Å². The summed E-state index contributed by atoms with van der Waals surface area (Å²) in [6, 6.07) is 4.37. The van der Waals surface area contributed by atoms with E-state index in [-0.39, 0.29) is 17.3 Å². The van der Waals surface area contributed by atoms with E-state index < -0.39 is 13.6 Å². The molecule has 3 N–H and O–H groups in total. The number of aliphatic carboxylic acids is 1. The van der Waals surface area contributed by atoms with E-state index in [0.717, 1.165) is 0 Å². The summed E-state index contributed by atoms with van der Waals surface area (Å²) in [4.78, 5) is 28.6. The molecule has 0 unspecified atom stereocenters. The van der Waals surface area contributed by atoms with E-state index in [9.17, 15) is 9.36 Å². The maximum atomic E-state index is 11.1. The molecule has 1 aromatic rings. The lowest BCUT2D eigenvalue weighted by Gasteiger charge is -2.11. The van der Waals surface area contributed by atoms with E-state index >= 15 is 0 Å². The minimum absolute atomic E-state index is 0.193. The molecule has 0 atom stereocenters. The topological polar surface area (TPSA) is 94.8 Å². The zero-order valence-corrected chi connectivity index (χ0v) is 8.94. The summed E-state index contributed by atoms with van der Waals surface area (Å²) in [5.41, 5.74) is 0.761. The van der Waals surface area contributed by atoms with E-state index in [1.54, 1.807) is 13.0 Å². The van der Waals surface area contributed by atoms with Crippen LogP contribution in [0.2, 0.25) is 0 Å². The molecule has 15 heavy (non-hydrogen) atoms. The van der Waals surface area contributed by atoms with Crippen LogP contribution in [0.25, 0.3) is 0 Å². The lowest BCUT2D eigenvalue weighted by molar-refractivity contribution is -0.136. The van der Waals surface area contributed by atoms with Crippen molar-refractivity contribution in [3.05, 3.63) is 29.3 Å². The second-order valence-electron chi connectivity index (χ2n) is 3.19. The first-order valence-electron chi connectivity index (χ1n) is 4.19. The molecule has 0 radical (unpaired) electrons. The predicted octanol–water partition coefficient (Wildman–Crippen LogP) is 0.425. The van der Waals surface area contributed by atoms with Gasteiger partial charge in [-0.2, -0.15) is 0 Å². The van der Waals surface area contributed by atoms with Gasteiger partial charge in [-0.25, -0.2) is 0 Å². The number of aryl methyl sites for hydroxylation is 1. The fraction of sp³-hybridized carbons (Fsp3) is 0.222. The zero-order chi connectivity index (χ0) is 11.6. The van der Waals surface area contributed by atoms with Crippen molar-refractivity contribution < 1.29 is 24.3 Å². The largest absolute Gasteiger partial charge is 0.481 e.